The number of hydrogen-bond acceptors (Lipinski definition) is 6. The topological polar surface area (TPSA) is 99.5 Å². The Morgan fingerprint density at radius 1 is 1.00 bits per heavy atom. The number of hydrogen-bond donors (Lipinski definition) is 3. The average molecular weight is 465 g/mol. The first-order valence-electron chi connectivity index (χ1n) is 11.2. The molecule has 31 heavy (non-hydrogen) atoms. The van der Waals surface area contributed by atoms with Gasteiger partial charge in [-0.3, -0.25) is 9.59 Å². The number of thiazole rings is 1. The zero-order valence-corrected chi connectivity index (χ0v) is 19.4. The summed E-state index contributed by atoms with van der Waals surface area (Å²) in [5.74, 6) is -2.27. The van der Waals surface area contributed by atoms with Crippen LogP contribution in [0.15, 0.2) is 28.6 Å². The summed E-state index contributed by atoms with van der Waals surface area (Å²) in [4.78, 5) is 25.8. The third-order valence-corrected chi connectivity index (χ3v) is 8.15. The standard InChI is InChI=1S/C12H23N.C11H9NO4S2/c1-3-7-11(8-4-1)13-12-9-5-2-6-10-12;13-9(14)5-8(10(15)16)18-11-12-6-3-1-2-4-7(6)17-11/h11-13H,1-10H2;1-4,8H,5H2,(H,13,14)(H,15,16). The average Bonchev–Trinajstić information content (AvgIpc) is 3.17. The molecule has 4 rings (SSSR count). The van der Waals surface area contributed by atoms with Crippen LogP contribution >= 0.6 is 23.1 Å². The Bertz CT molecular complexity index is 796. The maximum absolute atomic E-state index is 10.9. The summed E-state index contributed by atoms with van der Waals surface area (Å²) in [7, 11) is 0. The van der Waals surface area contributed by atoms with Crippen molar-refractivity contribution in [2.75, 3.05) is 0 Å². The number of rotatable bonds is 7. The van der Waals surface area contributed by atoms with Crippen LogP contribution < -0.4 is 5.32 Å². The number of carboxylic acid groups (broad SMARTS) is 2. The number of nitrogens with one attached hydrogen (secondary N) is 1. The molecule has 1 aromatic carbocycles. The Morgan fingerprint density at radius 3 is 2.10 bits per heavy atom. The predicted molar refractivity (Wildman–Crippen MR) is 126 cm³/mol. The predicted octanol–water partition coefficient (Wildman–Crippen LogP) is 5.56. The smallest absolute Gasteiger partial charge is 0.317 e. The number of aromatic nitrogens is 1. The van der Waals surface area contributed by atoms with E-state index in [4.69, 9.17) is 10.2 Å². The third kappa shape index (κ3) is 8.09. The zero-order valence-electron chi connectivity index (χ0n) is 17.8. The van der Waals surface area contributed by atoms with Gasteiger partial charge in [-0.25, -0.2) is 4.98 Å². The second-order valence-electron chi connectivity index (χ2n) is 8.33. The molecule has 2 aliphatic carbocycles. The first-order valence-corrected chi connectivity index (χ1v) is 12.9. The number of carboxylic acids is 2. The summed E-state index contributed by atoms with van der Waals surface area (Å²) >= 11 is 2.34. The SMILES string of the molecule is C1CCC(NC2CCCCC2)CC1.O=C(O)CC(Sc1nc2ccccc2s1)C(=O)O. The van der Waals surface area contributed by atoms with Crippen molar-refractivity contribution < 1.29 is 19.8 Å². The lowest BCUT2D eigenvalue weighted by atomic mass is 9.91. The van der Waals surface area contributed by atoms with Crippen molar-refractivity contribution in [2.45, 2.75) is 92.3 Å². The van der Waals surface area contributed by atoms with Gasteiger partial charge in [0.2, 0.25) is 0 Å². The van der Waals surface area contributed by atoms with E-state index in [1.807, 2.05) is 24.3 Å². The molecule has 2 aliphatic rings. The molecule has 1 atom stereocenters. The van der Waals surface area contributed by atoms with E-state index >= 15 is 0 Å². The summed E-state index contributed by atoms with van der Waals surface area (Å²) in [6.07, 6.45) is 14.1. The molecule has 170 valence electrons. The van der Waals surface area contributed by atoms with Crippen LogP contribution in [0.25, 0.3) is 10.2 Å². The molecular formula is C23H32N2O4S2. The molecule has 0 bridgehead atoms. The van der Waals surface area contributed by atoms with E-state index in [9.17, 15) is 9.59 Å². The molecule has 1 heterocycles. The lowest BCUT2D eigenvalue weighted by Crippen LogP contribution is -2.40. The van der Waals surface area contributed by atoms with Crippen LogP contribution in [0.2, 0.25) is 0 Å². The molecule has 0 radical (unpaired) electrons. The summed E-state index contributed by atoms with van der Waals surface area (Å²) in [5, 5.41) is 20.5. The number of aliphatic carboxylic acids is 2. The van der Waals surface area contributed by atoms with Gasteiger partial charge < -0.3 is 15.5 Å². The highest BCUT2D eigenvalue weighted by molar-refractivity contribution is 8.02. The maximum Gasteiger partial charge on any atom is 0.317 e. The van der Waals surface area contributed by atoms with Crippen molar-refractivity contribution in [3.8, 4) is 0 Å². The van der Waals surface area contributed by atoms with Gasteiger partial charge in [0.25, 0.3) is 0 Å². The minimum Gasteiger partial charge on any atom is -0.481 e. The first-order chi connectivity index (χ1) is 15.0. The fraction of sp³-hybridized carbons (Fsp3) is 0.609. The van der Waals surface area contributed by atoms with Gasteiger partial charge in [-0.1, -0.05) is 62.4 Å². The lowest BCUT2D eigenvalue weighted by Gasteiger charge is -2.30. The molecule has 0 amide bonds. The molecule has 0 aliphatic heterocycles. The van der Waals surface area contributed by atoms with Crippen LogP contribution in [-0.4, -0.2) is 44.5 Å². The maximum atomic E-state index is 10.9. The largest absolute Gasteiger partial charge is 0.481 e. The fourth-order valence-electron chi connectivity index (χ4n) is 4.23. The summed E-state index contributed by atoms with van der Waals surface area (Å²) in [6, 6.07) is 9.20. The molecule has 1 unspecified atom stereocenters. The normalized spacial score (nSPS) is 18.8. The number of carbonyl (C=O) groups is 2. The Hall–Kier alpha value is -1.64. The van der Waals surface area contributed by atoms with Crippen molar-refractivity contribution in [3.05, 3.63) is 24.3 Å². The Morgan fingerprint density at radius 2 is 1.58 bits per heavy atom. The number of fused-ring (bicyclic) bond motifs is 1. The molecule has 3 N–H and O–H groups in total. The Kier molecular flexibility index (Phi) is 9.61. The van der Waals surface area contributed by atoms with E-state index in [0.29, 0.717) is 4.34 Å². The van der Waals surface area contributed by atoms with Crippen molar-refractivity contribution >= 4 is 45.3 Å². The summed E-state index contributed by atoms with van der Waals surface area (Å²) in [6.45, 7) is 0. The van der Waals surface area contributed by atoms with Crippen LogP contribution in [0.5, 0.6) is 0 Å². The van der Waals surface area contributed by atoms with Gasteiger partial charge in [-0.05, 0) is 37.8 Å². The first kappa shape index (κ1) is 24.0. The Labute approximate surface area is 191 Å². The summed E-state index contributed by atoms with van der Waals surface area (Å²) in [5.41, 5.74) is 0.796. The van der Waals surface area contributed by atoms with Crippen LogP contribution in [0.3, 0.4) is 0 Å². The number of thioether (sulfide) groups is 1. The monoisotopic (exact) mass is 464 g/mol. The molecule has 2 aromatic rings. The van der Waals surface area contributed by atoms with E-state index < -0.39 is 23.6 Å². The molecule has 2 fully saturated rings. The minimum absolute atomic E-state index is 0.421. The molecule has 2 saturated carbocycles. The Balaban J connectivity index is 0.000000185. The molecule has 0 saturated heterocycles. The van der Waals surface area contributed by atoms with E-state index in [2.05, 4.69) is 10.3 Å². The van der Waals surface area contributed by atoms with Crippen molar-refractivity contribution in [2.24, 2.45) is 0 Å². The molecule has 8 heteroatoms. The molecule has 6 nitrogen and oxygen atoms in total. The van der Waals surface area contributed by atoms with Gasteiger partial charge >= 0.3 is 11.9 Å². The third-order valence-electron chi connectivity index (χ3n) is 5.83. The van der Waals surface area contributed by atoms with Gasteiger partial charge in [0, 0.05) is 12.1 Å². The lowest BCUT2D eigenvalue weighted by molar-refractivity contribution is -0.142. The quantitative estimate of drug-likeness (QED) is 0.461. The zero-order chi connectivity index (χ0) is 22.1. The van der Waals surface area contributed by atoms with E-state index in [0.717, 1.165) is 34.1 Å². The van der Waals surface area contributed by atoms with Crippen LogP contribution in [0.1, 0.15) is 70.6 Å². The number of benzene rings is 1. The van der Waals surface area contributed by atoms with E-state index in [1.165, 1.54) is 75.5 Å². The van der Waals surface area contributed by atoms with E-state index in [-0.39, 0.29) is 0 Å². The second kappa shape index (κ2) is 12.4. The van der Waals surface area contributed by atoms with Crippen molar-refractivity contribution in [1.82, 2.24) is 10.3 Å². The van der Waals surface area contributed by atoms with Gasteiger partial charge in [0.05, 0.1) is 16.6 Å². The van der Waals surface area contributed by atoms with Crippen molar-refractivity contribution in [3.63, 3.8) is 0 Å². The number of para-hydroxylation sites is 1. The highest BCUT2D eigenvalue weighted by Crippen LogP contribution is 2.33. The molecular weight excluding hydrogens is 432 g/mol. The van der Waals surface area contributed by atoms with Crippen LogP contribution in [0.4, 0.5) is 0 Å². The molecule has 1 aromatic heterocycles. The van der Waals surface area contributed by atoms with Gasteiger partial charge in [0.1, 0.15) is 5.25 Å². The van der Waals surface area contributed by atoms with Gasteiger partial charge in [0.15, 0.2) is 4.34 Å². The fourth-order valence-corrected chi connectivity index (χ4v) is 6.46. The van der Waals surface area contributed by atoms with Gasteiger partial charge in [-0.2, -0.15) is 0 Å². The number of nitrogens with zero attached hydrogens (tertiary/aromatic N) is 1. The highest BCUT2D eigenvalue weighted by atomic mass is 32.2. The van der Waals surface area contributed by atoms with Crippen LogP contribution in [-0.2, 0) is 9.59 Å². The minimum atomic E-state index is -1.14. The summed E-state index contributed by atoms with van der Waals surface area (Å²) < 4.78 is 1.53. The van der Waals surface area contributed by atoms with Crippen molar-refractivity contribution in [1.29, 1.82) is 0 Å². The van der Waals surface area contributed by atoms with Crippen LogP contribution in [0, 0.1) is 0 Å². The molecule has 0 spiro atoms. The highest BCUT2D eigenvalue weighted by Gasteiger charge is 2.24. The second-order valence-corrected chi connectivity index (χ2v) is 10.8. The van der Waals surface area contributed by atoms with Gasteiger partial charge in [-0.15, -0.1) is 11.3 Å². The van der Waals surface area contributed by atoms with E-state index in [1.54, 1.807) is 0 Å².